The standard InChI is InChI=1S/C14H12N4O2/c15-14(19)10-2-4-11(5-3-10)20-8-9-1-6-12-13(7-9)17-18-16-12/h1-7H,8H2,(H2,15,19)(H,16,17,18). The molecule has 0 atom stereocenters. The number of nitrogens with two attached hydrogens (primary N) is 1. The molecule has 0 radical (unpaired) electrons. The molecule has 0 bridgehead atoms. The van der Waals surface area contributed by atoms with Crippen LogP contribution in [0.2, 0.25) is 0 Å². The number of aromatic amines is 1. The van der Waals surface area contributed by atoms with E-state index in [-0.39, 0.29) is 0 Å². The number of nitrogens with zero attached hydrogens (tertiary/aromatic N) is 2. The Hall–Kier alpha value is -2.89. The molecule has 1 heterocycles. The molecule has 1 amide bonds. The molecule has 0 saturated carbocycles. The van der Waals surface area contributed by atoms with Gasteiger partial charge in [0.1, 0.15) is 17.9 Å². The van der Waals surface area contributed by atoms with E-state index in [1.807, 2.05) is 18.2 Å². The average molecular weight is 268 g/mol. The molecule has 1 aromatic heterocycles. The summed E-state index contributed by atoms with van der Waals surface area (Å²) in [6.45, 7) is 0.422. The maximum atomic E-state index is 11.0. The number of nitrogens with one attached hydrogen (secondary N) is 1. The molecule has 6 heteroatoms. The van der Waals surface area contributed by atoms with Crippen molar-refractivity contribution in [3.8, 4) is 5.75 Å². The van der Waals surface area contributed by atoms with Crippen molar-refractivity contribution in [2.45, 2.75) is 6.61 Å². The highest BCUT2D eigenvalue weighted by Gasteiger charge is 2.02. The predicted octanol–water partition coefficient (Wildman–Crippen LogP) is 1.64. The largest absolute Gasteiger partial charge is 0.489 e. The third kappa shape index (κ3) is 2.44. The van der Waals surface area contributed by atoms with Crippen LogP contribution in [0.1, 0.15) is 15.9 Å². The van der Waals surface area contributed by atoms with Gasteiger partial charge >= 0.3 is 0 Å². The summed E-state index contributed by atoms with van der Waals surface area (Å²) in [5, 5.41) is 10.5. The van der Waals surface area contributed by atoms with Crippen LogP contribution in [-0.4, -0.2) is 21.3 Å². The monoisotopic (exact) mass is 268 g/mol. The zero-order valence-electron chi connectivity index (χ0n) is 10.5. The smallest absolute Gasteiger partial charge is 0.248 e. The molecule has 100 valence electrons. The molecule has 3 N–H and O–H groups in total. The van der Waals surface area contributed by atoms with E-state index in [9.17, 15) is 4.79 Å². The Morgan fingerprint density at radius 1 is 1.20 bits per heavy atom. The average Bonchev–Trinajstić information content (AvgIpc) is 2.93. The van der Waals surface area contributed by atoms with Crippen molar-refractivity contribution in [1.82, 2.24) is 15.4 Å². The molecular weight excluding hydrogens is 256 g/mol. The van der Waals surface area contributed by atoms with E-state index in [2.05, 4.69) is 15.4 Å². The van der Waals surface area contributed by atoms with Gasteiger partial charge in [0.25, 0.3) is 0 Å². The normalized spacial score (nSPS) is 10.6. The number of hydrogen-bond acceptors (Lipinski definition) is 4. The first-order valence-corrected chi connectivity index (χ1v) is 6.05. The number of benzene rings is 2. The molecular formula is C14H12N4O2. The maximum Gasteiger partial charge on any atom is 0.248 e. The zero-order valence-corrected chi connectivity index (χ0v) is 10.5. The van der Waals surface area contributed by atoms with Crippen LogP contribution in [0.15, 0.2) is 42.5 Å². The Kier molecular flexibility index (Phi) is 3.04. The number of aromatic nitrogens is 3. The van der Waals surface area contributed by atoms with E-state index in [0.29, 0.717) is 17.9 Å². The van der Waals surface area contributed by atoms with Gasteiger partial charge in [-0.15, -0.1) is 5.10 Å². The highest BCUT2D eigenvalue weighted by Crippen LogP contribution is 2.16. The van der Waals surface area contributed by atoms with Crippen LogP contribution in [0, 0.1) is 0 Å². The molecule has 0 unspecified atom stereocenters. The van der Waals surface area contributed by atoms with Crippen molar-refractivity contribution < 1.29 is 9.53 Å². The summed E-state index contributed by atoms with van der Waals surface area (Å²) in [5.41, 5.74) is 8.33. The first-order valence-electron chi connectivity index (χ1n) is 6.05. The van der Waals surface area contributed by atoms with Gasteiger partial charge in [-0.2, -0.15) is 0 Å². The van der Waals surface area contributed by atoms with Crippen molar-refractivity contribution in [2.75, 3.05) is 0 Å². The van der Waals surface area contributed by atoms with Gasteiger partial charge in [0.2, 0.25) is 5.91 Å². The van der Waals surface area contributed by atoms with Gasteiger partial charge in [0.15, 0.2) is 0 Å². The second-order valence-electron chi connectivity index (χ2n) is 4.34. The molecule has 0 aliphatic carbocycles. The summed E-state index contributed by atoms with van der Waals surface area (Å²) in [6, 6.07) is 12.5. The van der Waals surface area contributed by atoms with Crippen LogP contribution in [0.25, 0.3) is 11.0 Å². The molecule has 2 aromatic carbocycles. The highest BCUT2D eigenvalue weighted by atomic mass is 16.5. The van der Waals surface area contributed by atoms with E-state index in [1.165, 1.54) is 0 Å². The van der Waals surface area contributed by atoms with Gasteiger partial charge in [-0.25, -0.2) is 0 Å². The summed E-state index contributed by atoms with van der Waals surface area (Å²) >= 11 is 0. The fourth-order valence-corrected chi connectivity index (χ4v) is 1.86. The van der Waals surface area contributed by atoms with Crippen LogP contribution in [0.3, 0.4) is 0 Å². The predicted molar refractivity (Wildman–Crippen MR) is 73.2 cm³/mol. The van der Waals surface area contributed by atoms with E-state index >= 15 is 0 Å². The van der Waals surface area contributed by atoms with Crippen LogP contribution >= 0.6 is 0 Å². The lowest BCUT2D eigenvalue weighted by Gasteiger charge is -2.06. The van der Waals surface area contributed by atoms with E-state index in [0.717, 1.165) is 16.6 Å². The number of amides is 1. The molecule has 0 saturated heterocycles. The van der Waals surface area contributed by atoms with Crippen molar-refractivity contribution in [1.29, 1.82) is 0 Å². The minimum Gasteiger partial charge on any atom is -0.489 e. The zero-order chi connectivity index (χ0) is 13.9. The topological polar surface area (TPSA) is 93.9 Å². The van der Waals surface area contributed by atoms with Gasteiger partial charge in [0.05, 0.1) is 5.52 Å². The van der Waals surface area contributed by atoms with Gasteiger partial charge < -0.3 is 10.5 Å². The van der Waals surface area contributed by atoms with Gasteiger partial charge in [0, 0.05) is 5.56 Å². The summed E-state index contributed by atoms with van der Waals surface area (Å²) in [7, 11) is 0. The molecule has 0 aliphatic rings. The number of H-pyrrole nitrogens is 1. The Bertz CT molecular complexity index is 749. The van der Waals surface area contributed by atoms with Crippen molar-refractivity contribution >= 4 is 16.9 Å². The molecule has 0 fully saturated rings. The number of carbonyl (C=O) groups is 1. The number of rotatable bonds is 4. The molecule has 0 spiro atoms. The number of carbonyl (C=O) groups excluding carboxylic acids is 1. The lowest BCUT2D eigenvalue weighted by molar-refractivity contribution is 0.100. The first kappa shape index (κ1) is 12.2. The number of fused-ring (bicyclic) bond motifs is 1. The fraction of sp³-hybridized carbons (Fsp3) is 0.0714. The van der Waals surface area contributed by atoms with E-state index in [1.54, 1.807) is 24.3 Å². The van der Waals surface area contributed by atoms with Crippen LogP contribution in [-0.2, 0) is 6.61 Å². The minimum atomic E-state index is -0.450. The quantitative estimate of drug-likeness (QED) is 0.752. The van der Waals surface area contributed by atoms with E-state index in [4.69, 9.17) is 10.5 Å². The third-order valence-corrected chi connectivity index (χ3v) is 2.93. The van der Waals surface area contributed by atoms with Crippen molar-refractivity contribution in [2.24, 2.45) is 5.73 Å². The number of primary amides is 1. The SMILES string of the molecule is NC(=O)c1ccc(OCc2ccc3nn[nH]c3c2)cc1. The van der Waals surface area contributed by atoms with Crippen LogP contribution in [0.4, 0.5) is 0 Å². The summed E-state index contributed by atoms with van der Waals surface area (Å²) in [5.74, 6) is 0.228. The molecule has 6 nitrogen and oxygen atoms in total. The number of ether oxygens (including phenoxy) is 1. The minimum absolute atomic E-state index is 0.422. The second-order valence-corrected chi connectivity index (χ2v) is 4.34. The summed E-state index contributed by atoms with van der Waals surface area (Å²) in [4.78, 5) is 11.0. The fourth-order valence-electron chi connectivity index (χ4n) is 1.86. The Morgan fingerprint density at radius 3 is 2.75 bits per heavy atom. The lowest BCUT2D eigenvalue weighted by Crippen LogP contribution is -2.10. The van der Waals surface area contributed by atoms with Gasteiger partial charge in [-0.05, 0) is 42.0 Å². The molecule has 0 aliphatic heterocycles. The Labute approximate surface area is 114 Å². The first-order chi connectivity index (χ1) is 9.72. The Balaban J connectivity index is 1.70. The van der Waals surface area contributed by atoms with Crippen molar-refractivity contribution in [3.63, 3.8) is 0 Å². The third-order valence-electron chi connectivity index (χ3n) is 2.93. The maximum absolute atomic E-state index is 11.0. The van der Waals surface area contributed by atoms with Gasteiger partial charge in [-0.1, -0.05) is 11.3 Å². The molecule has 3 aromatic rings. The van der Waals surface area contributed by atoms with Gasteiger partial charge in [-0.3, -0.25) is 9.89 Å². The van der Waals surface area contributed by atoms with E-state index < -0.39 is 5.91 Å². The molecule has 3 rings (SSSR count). The highest BCUT2D eigenvalue weighted by molar-refractivity contribution is 5.92. The van der Waals surface area contributed by atoms with Crippen molar-refractivity contribution in [3.05, 3.63) is 53.6 Å². The lowest BCUT2D eigenvalue weighted by atomic mass is 10.2. The summed E-state index contributed by atoms with van der Waals surface area (Å²) in [6.07, 6.45) is 0. The summed E-state index contributed by atoms with van der Waals surface area (Å²) < 4.78 is 5.65. The van der Waals surface area contributed by atoms with Crippen LogP contribution in [0.5, 0.6) is 5.75 Å². The number of hydrogen-bond donors (Lipinski definition) is 2. The second kappa shape index (κ2) is 5.00. The molecule has 20 heavy (non-hydrogen) atoms. The Morgan fingerprint density at radius 2 is 2.00 bits per heavy atom. The van der Waals surface area contributed by atoms with Crippen LogP contribution < -0.4 is 10.5 Å².